The number of phosphoric ester groups is 3. The largest absolute Gasteiger partial charge is 0.481 e. The third-order valence-corrected chi connectivity index (χ3v) is 12.8. The van der Waals surface area contributed by atoms with Crippen LogP contribution in [0, 0.1) is 5.41 Å². The lowest BCUT2D eigenvalue weighted by Crippen LogP contribution is -2.46. The highest BCUT2D eigenvalue weighted by Gasteiger charge is 2.50. The number of hydrogen-bond donors (Lipinski definition) is 9. The Hall–Kier alpha value is -2.70. The van der Waals surface area contributed by atoms with Crippen LogP contribution in [0.25, 0.3) is 11.2 Å². The lowest BCUT2D eigenvalue weighted by Gasteiger charge is -2.30. The highest BCUT2D eigenvalue weighted by molar-refractivity contribution is 8.13. The second-order valence-corrected chi connectivity index (χ2v) is 19.6. The first-order valence-corrected chi connectivity index (χ1v) is 24.2. The van der Waals surface area contributed by atoms with E-state index in [1.165, 1.54) is 13.8 Å². The van der Waals surface area contributed by atoms with Crippen LogP contribution in [0.4, 0.5) is 5.82 Å². The Morgan fingerprint density at radius 1 is 1.00 bits per heavy atom. The molecule has 2 aromatic rings. The van der Waals surface area contributed by atoms with Crippen molar-refractivity contribution in [2.75, 3.05) is 37.8 Å². The number of fused-ring (bicyclic) bond motifs is 1. The zero-order valence-corrected chi connectivity index (χ0v) is 36.5. The summed E-state index contributed by atoms with van der Waals surface area (Å²) in [6.45, 7) is 4.25. The molecule has 0 radical (unpaired) electrons. The van der Waals surface area contributed by atoms with Crippen molar-refractivity contribution in [1.82, 2.24) is 30.2 Å². The third-order valence-electron chi connectivity index (χ3n) is 8.80. The number of aromatic nitrogens is 4. The van der Waals surface area contributed by atoms with Crippen LogP contribution in [0.2, 0.25) is 0 Å². The second kappa shape index (κ2) is 23.7. The van der Waals surface area contributed by atoms with E-state index in [0.717, 1.165) is 73.9 Å². The Morgan fingerprint density at radius 3 is 2.35 bits per heavy atom. The Kier molecular flexibility index (Phi) is 20.4. The molecule has 7 atom stereocenters. The van der Waals surface area contributed by atoms with E-state index in [-0.39, 0.29) is 41.6 Å². The van der Waals surface area contributed by atoms with E-state index in [2.05, 4.69) is 41.0 Å². The van der Waals surface area contributed by atoms with Crippen molar-refractivity contribution in [2.24, 2.45) is 5.41 Å². The molecule has 0 saturated carbocycles. The van der Waals surface area contributed by atoms with Gasteiger partial charge in [-0.05, 0) is 19.3 Å². The van der Waals surface area contributed by atoms with E-state index in [0.29, 0.717) is 12.2 Å². The van der Waals surface area contributed by atoms with Crippen LogP contribution in [0.1, 0.15) is 77.9 Å². The summed E-state index contributed by atoms with van der Waals surface area (Å²) in [4.78, 5) is 87.9. The summed E-state index contributed by atoms with van der Waals surface area (Å²) in [5.74, 6) is -1.05. The van der Waals surface area contributed by atoms with Crippen molar-refractivity contribution in [3.8, 4) is 0 Å². The van der Waals surface area contributed by atoms with Crippen LogP contribution in [-0.2, 0) is 50.7 Å². The predicted octanol–water partition coefficient (Wildman–Crippen LogP) is 1.97. The third kappa shape index (κ3) is 17.2. The molecule has 1 aliphatic heterocycles. The predicted molar refractivity (Wildman–Crippen MR) is 214 cm³/mol. The number of nitrogens with zero attached hydrogens (tertiary/aromatic N) is 4. The molecule has 1 aliphatic rings. The zero-order valence-electron chi connectivity index (χ0n) is 33.0. The number of nitrogens with two attached hydrogens (primary N) is 1. The molecule has 340 valence electrons. The number of thioether (sulfide) groups is 1. The molecule has 2 aromatic heterocycles. The SMILES string of the molecule is C=CCCCCCCCCC(=O)SCCNC(=O)CCNC(=O)C(O)C(C)(C)COP(=O)(O)OP(=O)(O)OCC1OC(n2cnc3c(N)ncnc32)C(O)C1OP(=O)(O)O. The Balaban J connectivity index is 1.40. The number of nitrogens with one attached hydrogen (secondary N) is 2. The number of phosphoric acid groups is 3. The molecule has 0 aliphatic carbocycles. The van der Waals surface area contributed by atoms with Gasteiger partial charge in [-0.2, -0.15) is 4.31 Å². The number of carbonyl (C=O) groups is 3. The van der Waals surface area contributed by atoms with Crippen LogP contribution in [-0.4, -0.2) is 123 Å². The fourth-order valence-corrected chi connectivity index (χ4v) is 9.18. The summed E-state index contributed by atoms with van der Waals surface area (Å²) in [5, 5.41) is 26.5. The minimum absolute atomic E-state index is 0.0317. The van der Waals surface area contributed by atoms with Gasteiger partial charge < -0.3 is 50.9 Å². The normalized spacial score (nSPS) is 20.9. The molecule has 0 bridgehead atoms. The van der Waals surface area contributed by atoms with Crippen LogP contribution in [0.5, 0.6) is 0 Å². The number of carbonyl (C=O) groups excluding carboxylic acids is 3. The van der Waals surface area contributed by atoms with Crippen molar-refractivity contribution < 1.29 is 80.5 Å². The molecule has 1 saturated heterocycles. The summed E-state index contributed by atoms with van der Waals surface area (Å²) in [6, 6.07) is 0. The van der Waals surface area contributed by atoms with E-state index in [1.54, 1.807) is 0 Å². The van der Waals surface area contributed by atoms with Crippen LogP contribution in [0.3, 0.4) is 0 Å². The van der Waals surface area contributed by atoms with Gasteiger partial charge in [0.25, 0.3) is 0 Å². The first-order chi connectivity index (χ1) is 28.1. The molecule has 28 heteroatoms. The van der Waals surface area contributed by atoms with Crippen LogP contribution < -0.4 is 16.4 Å². The first-order valence-electron chi connectivity index (χ1n) is 18.7. The van der Waals surface area contributed by atoms with Crippen LogP contribution in [0.15, 0.2) is 25.3 Å². The minimum Gasteiger partial charge on any atom is -0.386 e. The molecule has 7 unspecified atom stereocenters. The minimum atomic E-state index is -5.57. The van der Waals surface area contributed by atoms with Crippen molar-refractivity contribution in [3.63, 3.8) is 0 Å². The summed E-state index contributed by atoms with van der Waals surface area (Å²) >= 11 is 1.13. The van der Waals surface area contributed by atoms with Gasteiger partial charge in [0.2, 0.25) is 11.8 Å². The average Bonchev–Trinajstić information content (AvgIpc) is 3.72. The fourth-order valence-electron chi connectivity index (χ4n) is 5.63. The van der Waals surface area contributed by atoms with E-state index in [4.69, 9.17) is 19.5 Å². The first kappa shape index (κ1) is 51.6. The number of amides is 2. The van der Waals surface area contributed by atoms with Gasteiger partial charge in [0.1, 0.15) is 36.3 Å². The number of hydrogen-bond acceptors (Lipinski definition) is 18. The smallest absolute Gasteiger partial charge is 0.386 e. The highest BCUT2D eigenvalue weighted by Crippen LogP contribution is 2.61. The van der Waals surface area contributed by atoms with Gasteiger partial charge >= 0.3 is 23.5 Å². The molecule has 3 rings (SSSR count). The number of aliphatic hydroxyl groups excluding tert-OH is 2. The Bertz CT molecular complexity index is 1900. The summed E-state index contributed by atoms with van der Waals surface area (Å²) in [5.41, 5.74) is 4.27. The molecule has 10 N–H and O–H groups in total. The molecule has 1 fully saturated rings. The van der Waals surface area contributed by atoms with Gasteiger partial charge in [-0.15, -0.1) is 6.58 Å². The Morgan fingerprint density at radius 2 is 1.67 bits per heavy atom. The number of imidazole rings is 1. The quantitative estimate of drug-likeness (QED) is 0.0334. The number of nitrogen functional groups attached to an aromatic ring is 1. The maximum absolute atomic E-state index is 12.7. The zero-order chi connectivity index (χ0) is 44.7. The van der Waals surface area contributed by atoms with Gasteiger partial charge in [0.05, 0.1) is 19.5 Å². The topological polar surface area (TPSA) is 364 Å². The molecule has 2 amide bonds. The molecular weight excluding hydrogens is 879 g/mol. The monoisotopic (exact) mass is 933 g/mol. The molecule has 0 spiro atoms. The van der Waals surface area contributed by atoms with Crippen molar-refractivity contribution in [3.05, 3.63) is 25.3 Å². The molecular formula is C32H54N7O17P3S. The molecule has 3 heterocycles. The fraction of sp³-hybridized carbons (Fsp3) is 0.688. The van der Waals surface area contributed by atoms with Gasteiger partial charge in [-0.3, -0.25) is 32.5 Å². The van der Waals surface area contributed by atoms with Crippen molar-refractivity contribution in [2.45, 2.75) is 102 Å². The maximum atomic E-state index is 12.7. The second-order valence-electron chi connectivity index (χ2n) is 14.2. The number of unbranched alkanes of at least 4 members (excludes halogenated alkanes) is 6. The van der Waals surface area contributed by atoms with Crippen molar-refractivity contribution in [1.29, 1.82) is 0 Å². The Labute approximate surface area is 349 Å². The lowest BCUT2D eigenvalue weighted by atomic mass is 9.87. The number of ether oxygens (including phenoxy) is 1. The summed E-state index contributed by atoms with van der Waals surface area (Å²) in [7, 11) is -16.4. The van der Waals surface area contributed by atoms with E-state index in [1.807, 2.05) is 6.08 Å². The average molecular weight is 934 g/mol. The number of aliphatic hydroxyl groups is 2. The molecule has 60 heavy (non-hydrogen) atoms. The van der Waals surface area contributed by atoms with Gasteiger partial charge in [0.15, 0.2) is 22.8 Å². The van der Waals surface area contributed by atoms with E-state index >= 15 is 0 Å². The number of rotatable bonds is 28. The van der Waals surface area contributed by atoms with Gasteiger partial charge in [-0.1, -0.05) is 57.4 Å². The molecule has 24 nitrogen and oxygen atoms in total. The molecule has 0 aromatic carbocycles. The summed E-state index contributed by atoms with van der Waals surface area (Å²) < 4.78 is 62.2. The highest BCUT2D eigenvalue weighted by atomic mass is 32.2. The summed E-state index contributed by atoms with van der Waals surface area (Å²) in [6.07, 6.45) is 2.79. The standard InChI is InChI=1S/C32H54N7O17P3S/c1-4-5-6-7-8-9-10-11-12-23(41)60-16-15-34-22(40)13-14-35-30(44)27(43)32(2,3)18-53-59(50,51)56-58(48,49)52-17-21-26(55-57(45,46)47)25(42)31(54-21)39-20-38-24-28(33)36-19-37-29(24)39/h4,19-21,25-27,31,42-43H,1,5-18H2,2-3H3,(H,34,40)(H,35,44)(H,48,49)(H,50,51)(H2,33,36,37)(H2,45,46,47). The maximum Gasteiger partial charge on any atom is 0.481 e. The number of anilines is 1. The van der Waals surface area contributed by atoms with Crippen molar-refractivity contribution >= 4 is 69.1 Å². The van der Waals surface area contributed by atoms with Crippen LogP contribution >= 0.6 is 35.2 Å². The van der Waals surface area contributed by atoms with E-state index < -0.39 is 84.6 Å². The number of allylic oxidation sites excluding steroid dienone is 1. The lowest BCUT2D eigenvalue weighted by molar-refractivity contribution is -0.137. The van der Waals surface area contributed by atoms with Gasteiger partial charge in [0, 0.05) is 37.1 Å². The van der Waals surface area contributed by atoms with E-state index in [9.17, 15) is 57.9 Å². The van der Waals surface area contributed by atoms with Gasteiger partial charge in [-0.25, -0.2) is 28.6 Å².